The maximum Gasteiger partial charge on any atom is 0.338 e. The van der Waals surface area contributed by atoms with E-state index in [1.165, 1.54) is 54.2 Å². The van der Waals surface area contributed by atoms with E-state index in [4.69, 9.17) is 9.47 Å². The predicted molar refractivity (Wildman–Crippen MR) is 126 cm³/mol. The van der Waals surface area contributed by atoms with Crippen molar-refractivity contribution in [2.45, 2.75) is 19.9 Å². The summed E-state index contributed by atoms with van der Waals surface area (Å²) in [5.41, 5.74) is 0.802. The average Bonchev–Trinajstić information content (AvgIpc) is 3.13. The summed E-state index contributed by atoms with van der Waals surface area (Å²) in [4.78, 5) is 42.0. The molecular weight excluding hydrogens is 477 g/mol. The van der Waals surface area contributed by atoms with Gasteiger partial charge in [-0.15, -0.1) is 0 Å². The topological polar surface area (TPSA) is 113 Å². The van der Waals surface area contributed by atoms with Crippen molar-refractivity contribution in [3.63, 3.8) is 0 Å². The number of rotatable bonds is 6. The van der Waals surface area contributed by atoms with Gasteiger partial charge in [-0.2, -0.15) is 0 Å². The lowest BCUT2D eigenvalue weighted by Crippen LogP contribution is -2.39. The highest BCUT2D eigenvalue weighted by Gasteiger charge is 2.33. The van der Waals surface area contributed by atoms with Crippen LogP contribution in [0.2, 0.25) is 0 Å². The highest BCUT2D eigenvalue weighted by Crippen LogP contribution is 2.31. The van der Waals surface area contributed by atoms with Crippen molar-refractivity contribution in [2.24, 2.45) is 4.99 Å². The number of halogens is 1. The number of benzene rings is 2. The Morgan fingerprint density at radius 2 is 2.00 bits per heavy atom. The number of nitrogens with zero attached hydrogens (tertiary/aromatic N) is 3. The second-order valence-electron chi connectivity index (χ2n) is 7.54. The SMILES string of the molecule is CCOC(=O)C1=C(C)N=c2s/c(=C\c3ccc(OC)c([N+](=O)[O-])c3)c(=O)n2[C@@H]1c1ccc(F)cc1. The molecule has 2 aromatic carbocycles. The Morgan fingerprint density at radius 1 is 1.29 bits per heavy atom. The van der Waals surface area contributed by atoms with Crippen LogP contribution in [-0.4, -0.2) is 29.2 Å². The normalized spacial score (nSPS) is 15.4. The van der Waals surface area contributed by atoms with Crippen LogP contribution in [0.4, 0.5) is 10.1 Å². The molecule has 180 valence electrons. The minimum absolute atomic E-state index is 0.0969. The van der Waals surface area contributed by atoms with E-state index in [1.54, 1.807) is 19.9 Å². The molecule has 9 nitrogen and oxygen atoms in total. The molecule has 4 rings (SSSR count). The molecule has 35 heavy (non-hydrogen) atoms. The van der Waals surface area contributed by atoms with Gasteiger partial charge < -0.3 is 9.47 Å². The van der Waals surface area contributed by atoms with Gasteiger partial charge in [-0.25, -0.2) is 14.2 Å². The molecular formula is C24H20FN3O6S. The molecule has 1 aliphatic rings. The molecule has 0 bridgehead atoms. The van der Waals surface area contributed by atoms with Crippen molar-refractivity contribution in [2.75, 3.05) is 13.7 Å². The minimum Gasteiger partial charge on any atom is -0.490 e. The number of carbonyl (C=O) groups is 1. The Hall–Kier alpha value is -4.12. The molecule has 0 radical (unpaired) electrons. The monoisotopic (exact) mass is 497 g/mol. The first-order valence-corrected chi connectivity index (χ1v) is 11.3. The van der Waals surface area contributed by atoms with E-state index in [0.29, 0.717) is 21.6 Å². The summed E-state index contributed by atoms with van der Waals surface area (Å²) in [5, 5.41) is 11.4. The Labute approximate surface area is 202 Å². The van der Waals surface area contributed by atoms with E-state index in [-0.39, 0.29) is 28.1 Å². The van der Waals surface area contributed by atoms with Crippen molar-refractivity contribution < 1.29 is 23.6 Å². The number of fused-ring (bicyclic) bond motifs is 1. The lowest BCUT2D eigenvalue weighted by molar-refractivity contribution is -0.385. The summed E-state index contributed by atoms with van der Waals surface area (Å²) in [6.45, 7) is 3.45. The molecule has 11 heteroatoms. The summed E-state index contributed by atoms with van der Waals surface area (Å²) >= 11 is 1.08. The van der Waals surface area contributed by atoms with Crippen LogP contribution in [0.15, 0.2) is 63.5 Å². The molecule has 0 saturated heterocycles. The number of hydrogen-bond acceptors (Lipinski definition) is 8. The summed E-state index contributed by atoms with van der Waals surface area (Å²) in [6, 6.07) is 8.98. The number of nitro benzene ring substituents is 1. The largest absolute Gasteiger partial charge is 0.490 e. The molecule has 0 unspecified atom stereocenters. The smallest absolute Gasteiger partial charge is 0.338 e. The molecule has 1 aliphatic heterocycles. The maximum absolute atomic E-state index is 13.6. The quantitative estimate of drug-likeness (QED) is 0.294. The van der Waals surface area contributed by atoms with Crippen LogP contribution in [0.1, 0.15) is 31.0 Å². The van der Waals surface area contributed by atoms with Crippen molar-refractivity contribution in [3.05, 3.63) is 100 Å². The first-order chi connectivity index (χ1) is 16.7. The van der Waals surface area contributed by atoms with Crippen molar-refractivity contribution in [1.82, 2.24) is 4.57 Å². The second-order valence-corrected chi connectivity index (χ2v) is 8.55. The molecule has 0 saturated carbocycles. The standard InChI is InChI=1S/C24H20FN3O6S/c1-4-34-23(30)20-13(2)26-24-27(21(20)15-6-8-16(25)9-7-15)22(29)19(35-24)12-14-5-10-18(33-3)17(11-14)28(31)32/h5-12,21H,4H2,1-3H3/b19-12-/t21-/m1/s1. The van der Waals surface area contributed by atoms with Crippen molar-refractivity contribution in [3.8, 4) is 5.75 Å². The maximum atomic E-state index is 13.6. The number of nitro groups is 1. The average molecular weight is 498 g/mol. The number of thiazole rings is 1. The summed E-state index contributed by atoms with van der Waals surface area (Å²) in [6.07, 6.45) is 1.52. The van der Waals surface area contributed by atoms with Crippen LogP contribution in [0, 0.1) is 15.9 Å². The third-order valence-electron chi connectivity index (χ3n) is 5.40. The number of aromatic nitrogens is 1. The number of hydrogen-bond donors (Lipinski definition) is 0. The van der Waals surface area contributed by atoms with E-state index in [1.807, 2.05) is 0 Å². The van der Waals surface area contributed by atoms with Crippen LogP contribution < -0.4 is 19.6 Å². The zero-order valence-corrected chi connectivity index (χ0v) is 19.8. The Morgan fingerprint density at radius 3 is 2.63 bits per heavy atom. The van der Waals surface area contributed by atoms with Gasteiger partial charge in [-0.05, 0) is 49.2 Å². The van der Waals surface area contributed by atoms with Crippen molar-refractivity contribution >= 4 is 29.1 Å². The number of carbonyl (C=O) groups excluding carboxylic acids is 1. The van der Waals surface area contributed by atoms with Crippen LogP contribution >= 0.6 is 11.3 Å². The fourth-order valence-electron chi connectivity index (χ4n) is 3.84. The number of ether oxygens (including phenoxy) is 2. The third kappa shape index (κ3) is 4.50. The van der Waals surface area contributed by atoms with E-state index in [0.717, 1.165) is 11.3 Å². The highest BCUT2D eigenvalue weighted by atomic mass is 32.1. The van der Waals surface area contributed by atoms with Gasteiger partial charge in [0.15, 0.2) is 10.6 Å². The molecule has 1 aromatic heterocycles. The highest BCUT2D eigenvalue weighted by molar-refractivity contribution is 7.07. The molecule has 3 aromatic rings. The van der Waals surface area contributed by atoms with Crippen molar-refractivity contribution in [1.29, 1.82) is 0 Å². The summed E-state index contributed by atoms with van der Waals surface area (Å²) in [5.74, 6) is -0.983. The van der Waals surface area contributed by atoms with Gasteiger partial charge in [-0.3, -0.25) is 19.5 Å². The summed E-state index contributed by atoms with van der Waals surface area (Å²) in [7, 11) is 1.33. The molecule has 0 N–H and O–H groups in total. The van der Waals surface area contributed by atoms with Gasteiger partial charge in [0.1, 0.15) is 5.82 Å². The fraction of sp³-hybridized carbons (Fsp3) is 0.208. The van der Waals surface area contributed by atoms with E-state index < -0.39 is 28.3 Å². The third-order valence-corrected chi connectivity index (χ3v) is 6.38. The number of methoxy groups -OCH3 is 1. The van der Waals surface area contributed by atoms with Gasteiger partial charge >= 0.3 is 11.7 Å². The molecule has 2 heterocycles. The lowest BCUT2D eigenvalue weighted by Gasteiger charge is -2.24. The molecule has 0 spiro atoms. The molecule has 0 aliphatic carbocycles. The Balaban J connectivity index is 1.93. The van der Waals surface area contributed by atoms with Gasteiger partial charge in [0.2, 0.25) is 0 Å². The van der Waals surface area contributed by atoms with Gasteiger partial charge in [-0.1, -0.05) is 29.5 Å². The lowest BCUT2D eigenvalue weighted by atomic mass is 9.96. The zero-order valence-electron chi connectivity index (χ0n) is 19.0. The second kappa shape index (κ2) is 9.63. The Kier molecular flexibility index (Phi) is 6.61. The van der Waals surface area contributed by atoms with E-state index in [9.17, 15) is 24.1 Å². The van der Waals surface area contributed by atoms with Crippen LogP contribution in [0.3, 0.4) is 0 Å². The first-order valence-electron chi connectivity index (χ1n) is 10.5. The van der Waals surface area contributed by atoms with Crippen LogP contribution in [0.25, 0.3) is 6.08 Å². The summed E-state index contributed by atoms with van der Waals surface area (Å²) < 4.78 is 25.5. The predicted octanol–water partition coefficient (Wildman–Crippen LogP) is 2.85. The van der Waals surface area contributed by atoms with Crippen LogP contribution in [-0.2, 0) is 9.53 Å². The number of esters is 1. The number of allylic oxidation sites excluding steroid dienone is 1. The zero-order chi connectivity index (χ0) is 25.3. The van der Waals surface area contributed by atoms with Crippen LogP contribution in [0.5, 0.6) is 5.75 Å². The van der Waals surface area contributed by atoms with Gasteiger partial charge in [0, 0.05) is 6.07 Å². The molecule has 0 fully saturated rings. The fourth-order valence-corrected chi connectivity index (χ4v) is 4.89. The molecule has 1 atom stereocenters. The van der Waals surface area contributed by atoms with Gasteiger partial charge in [0.05, 0.1) is 40.5 Å². The first kappa shape index (κ1) is 24.0. The Bertz CT molecular complexity index is 1540. The van der Waals surface area contributed by atoms with Gasteiger partial charge in [0.25, 0.3) is 5.56 Å². The van der Waals surface area contributed by atoms with E-state index in [2.05, 4.69) is 4.99 Å². The molecule has 0 amide bonds. The minimum atomic E-state index is -0.877. The van der Waals surface area contributed by atoms with E-state index >= 15 is 0 Å².